The van der Waals surface area contributed by atoms with Gasteiger partial charge in [-0.1, -0.05) is 34.1 Å². The number of ether oxygens (including phenoxy) is 2. The Hall–Kier alpha value is -3.45. The number of amides is 1. The molecule has 0 aromatic heterocycles. The van der Waals surface area contributed by atoms with E-state index < -0.39 is 5.97 Å². The normalized spacial score (nSPS) is 10.7. The van der Waals surface area contributed by atoms with E-state index in [0.29, 0.717) is 17.1 Å². The smallest absolute Gasteiger partial charge is 0.343 e. The van der Waals surface area contributed by atoms with E-state index in [1.54, 1.807) is 42.5 Å². The van der Waals surface area contributed by atoms with Crippen LogP contribution in [0.25, 0.3) is 0 Å². The molecule has 3 aromatic carbocycles. The van der Waals surface area contributed by atoms with Gasteiger partial charge in [0.25, 0.3) is 5.91 Å². The molecule has 0 unspecified atom stereocenters. The fraction of sp³-hybridized carbons (Fsp3) is 0.125. The second-order valence-electron chi connectivity index (χ2n) is 6.75. The zero-order chi connectivity index (χ0) is 22.2. The van der Waals surface area contributed by atoms with E-state index in [1.165, 1.54) is 6.21 Å². The number of esters is 1. The molecule has 31 heavy (non-hydrogen) atoms. The molecule has 1 amide bonds. The van der Waals surface area contributed by atoms with Gasteiger partial charge in [0.2, 0.25) is 0 Å². The van der Waals surface area contributed by atoms with Crippen LogP contribution in [-0.4, -0.2) is 24.7 Å². The van der Waals surface area contributed by atoms with Gasteiger partial charge in [-0.15, -0.1) is 0 Å². The number of rotatable bonds is 7. The Kier molecular flexibility index (Phi) is 7.56. The lowest BCUT2D eigenvalue weighted by Gasteiger charge is -2.09. The van der Waals surface area contributed by atoms with E-state index in [0.717, 1.165) is 21.2 Å². The molecule has 3 aromatic rings. The Morgan fingerprint density at radius 2 is 1.77 bits per heavy atom. The quantitative estimate of drug-likeness (QED) is 0.227. The Bertz CT molecular complexity index is 1110. The molecule has 0 bridgehead atoms. The number of hydrazone groups is 1. The first-order chi connectivity index (χ1) is 14.9. The predicted octanol–water partition coefficient (Wildman–Crippen LogP) is 4.81. The van der Waals surface area contributed by atoms with Crippen LogP contribution in [0.15, 0.2) is 76.3 Å². The summed E-state index contributed by atoms with van der Waals surface area (Å²) in [6, 6.07) is 19.4. The number of hydrogen-bond donors (Lipinski definition) is 1. The molecule has 1 N–H and O–H groups in total. The van der Waals surface area contributed by atoms with Crippen LogP contribution < -0.4 is 14.9 Å². The van der Waals surface area contributed by atoms with Crippen LogP contribution in [0.5, 0.6) is 11.5 Å². The number of nitrogens with zero attached hydrogens (tertiary/aromatic N) is 1. The first-order valence-electron chi connectivity index (χ1n) is 9.51. The highest BCUT2D eigenvalue weighted by molar-refractivity contribution is 9.10. The first-order valence-corrected chi connectivity index (χ1v) is 10.3. The molecule has 0 heterocycles. The minimum Gasteiger partial charge on any atom is -0.483 e. The van der Waals surface area contributed by atoms with Gasteiger partial charge in [0.05, 0.1) is 11.8 Å². The van der Waals surface area contributed by atoms with Crippen LogP contribution in [0.4, 0.5) is 0 Å². The lowest BCUT2D eigenvalue weighted by molar-refractivity contribution is -0.123. The summed E-state index contributed by atoms with van der Waals surface area (Å²) in [7, 11) is 0. The second kappa shape index (κ2) is 10.5. The van der Waals surface area contributed by atoms with Crippen LogP contribution in [0.2, 0.25) is 0 Å². The predicted molar refractivity (Wildman–Crippen MR) is 123 cm³/mol. The Balaban J connectivity index is 1.48. The van der Waals surface area contributed by atoms with Crippen LogP contribution in [0.1, 0.15) is 27.0 Å². The summed E-state index contributed by atoms with van der Waals surface area (Å²) in [5.74, 6) is 0.274. The third-order valence-electron chi connectivity index (χ3n) is 4.47. The molecule has 6 nitrogen and oxygen atoms in total. The van der Waals surface area contributed by atoms with Crippen molar-refractivity contribution in [2.45, 2.75) is 13.8 Å². The minimum atomic E-state index is -0.446. The molecule has 0 radical (unpaired) electrons. The van der Waals surface area contributed by atoms with Crippen molar-refractivity contribution in [3.63, 3.8) is 0 Å². The standard InChI is InChI=1S/C24H21BrN2O4/c1-16-5-3-8-22(17(16)2)30-15-23(28)27-26-14-18-9-11-21(12-10-18)31-24(29)19-6-4-7-20(25)13-19/h3-14H,15H2,1-2H3,(H,27,28)/b26-14+. The molecule has 3 rings (SSSR count). The van der Waals surface area contributed by atoms with Gasteiger partial charge >= 0.3 is 5.97 Å². The highest BCUT2D eigenvalue weighted by Gasteiger charge is 2.09. The van der Waals surface area contributed by atoms with Crippen LogP contribution in [0.3, 0.4) is 0 Å². The molecule has 158 valence electrons. The summed E-state index contributed by atoms with van der Waals surface area (Å²) in [5.41, 5.74) is 5.71. The van der Waals surface area contributed by atoms with Crippen molar-refractivity contribution in [2.75, 3.05) is 6.61 Å². The lowest BCUT2D eigenvalue weighted by Crippen LogP contribution is -2.24. The average Bonchev–Trinajstić information content (AvgIpc) is 2.76. The van der Waals surface area contributed by atoms with Gasteiger partial charge in [-0.3, -0.25) is 4.79 Å². The summed E-state index contributed by atoms with van der Waals surface area (Å²) in [5, 5.41) is 3.92. The Morgan fingerprint density at radius 3 is 2.52 bits per heavy atom. The van der Waals surface area contributed by atoms with Crippen molar-refractivity contribution in [2.24, 2.45) is 5.10 Å². The maximum atomic E-state index is 12.2. The maximum absolute atomic E-state index is 12.2. The third kappa shape index (κ3) is 6.52. The van der Waals surface area contributed by atoms with Gasteiger partial charge in [0.15, 0.2) is 6.61 Å². The van der Waals surface area contributed by atoms with Crippen molar-refractivity contribution >= 4 is 34.0 Å². The molecule has 7 heteroatoms. The molecule has 0 saturated heterocycles. The SMILES string of the molecule is Cc1cccc(OCC(=O)N/N=C/c2ccc(OC(=O)c3cccc(Br)c3)cc2)c1C. The third-order valence-corrected chi connectivity index (χ3v) is 4.96. The molecule has 0 saturated carbocycles. The van der Waals surface area contributed by atoms with E-state index in [-0.39, 0.29) is 12.5 Å². The van der Waals surface area contributed by atoms with E-state index in [1.807, 2.05) is 38.1 Å². The number of benzene rings is 3. The highest BCUT2D eigenvalue weighted by Crippen LogP contribution is 2.20. The molecule has 0 aliphatic rings. The van der Waals surface area contributed by atoms with E-state index >= 15 is 0 Å². The van der Waals surface area contributed by atoms with Gasteiger partial charge in [0.1, 0.15) is 11.5 Å². The van der Waals surface area contributed by atoms with E-state index in [2.05, 4.69) is 26.5 Å². The molecule has 0 aliphatic carbocycles. The van der Waals surface area contributed by atoms with Crippen molar-refractivity contribution in [3.8, 4) is 11.5 Å². The number of carbonyl (C=O) groups is 2. The van der Waals surface area contributed by atoms with Crippen molar-refractivity contribution in [3.05, 3.63) is 93.5 Å². The molecular formula is C24H21BrN2O4. The van der Waals surface area contributed by atoms with E-state index in [9.17, 15) is 9.59 Å². The maximum Gasteiger partial charge on any atom is 0.343 e. The van der Waals surface area contributed by atoms with Crippen molar-refractivity contribution in [1.29, 1.82) is 0 Å². The molecule has 0 atom stereocenters. The number of carbonyl (C=O) groups excluding carboxylic acids is 2. The average molecular weight is 481 g/mol. The number of hydrogen-bond acceptors (Lipinski definition) is 5. The van der Waals surface area contributed by atoms with Gasteiger partial charge in [0, 0.05) is 4.47 Å². The first kappa shape index (κ1) is 22.2. The molecule has 0 fully saturated rings. The van der Waals surface area contributed by atoms with Crippen molar-refractivity contribution in [1.82, 2.24) is 5.43 Å². The summed E-state index contributed by atoms with van der Waals surface area (Å²) in [6.45, 7) is 3.80. The molecule has 0 spiro atoms. The largest absolute Gasteiger partial charge is 0.483 e. The fourth-order valence-electron chi connectivity index (χ4n) is 2.64. The summed E-state index contributed by atoms with van der Waals surface area (Å²) < 4.78 is 11.7. The zero-order valence-electron chi connectivity index (χ0n) is 17.1. The van der Waals surface area contributed by atoms with Gasteiger partial charge in [-0.2, -0.15) is 5.10 Å². The minimum absolute atomic E-state index is 0.133. The number of halogens is 1. The number of aryl methyl sites for hydroxylation is 1. The zero-order valence-corrected chi connectivity index (χ0v) is 18.7. The van der Waals surface area contributed by atoms with Gasteiger partial charge in [-0.05, 0) is 79.1 Å². The fourth-order valence-corrected chi connectivity index (χ4v) is 3.04. The Labute approximate surface area is 189 Å². The molecule has 0 aliphatic heterocycles. The topological polar surface area (TPSA) is 77.0 Å². The molecular weight excluding hydrogens is 460 g/mol. The number of nitrogens with one attached hydrogen (secondary N) is 1. The van der Waals surface area contributed by atoms with Crippen molar-refractivity contribution < 1.29 is 19.1 Å². The summed E-state index contributed by atoms with van der Waals surface area (Å²) in [6.07, 6.45) is 1.50. The van der Waals surface area contributed by atoms with Crippen LogP contribution >= 0.6 is 15.9 Å². The summed E-state index contributed by atoms with van der Waals surface area (Å²) in [4.78, 5) is 24.1. The highest BCUT2D eigenvalue weighted by atomic mass is 79.9. The van der Waals surface area contributed by atoms with Gasteiger partial charge in [-0.25, -0.2) is 10.2 Å². The van der Waals surface area contributed by atoms with Crippen LogP contribution in [0, 0.1) is 13.8 Å². The lowest BCUT2D eigenvalue weighted by atomic mass is 10.1. The van der Waals surface area contributed by atoms with Crippen LogP contribution in [-0.2, 0) is 4.79 Å². The monoisotopic (exact) mass is 480 g/mol. The second-order valence-corrected chi connectivity index (χ2v) is 7.66. The van der Waals surface area contributed by atoms with E-state index in [4.69, 9.17) is 9.47 Å². The Morgan fingerprint density at radius 1 is 1.03 bits per heavy atom. The summed E-state index contributed by atoms with van der Waals surface area (Å²) >= 11 is 3.33. The van der Waals surface area contributed by atoms with Gasteiger partial charge < -0.3 is 9.47 Å².